The molecule has 0 aliphatic heterocycles. The van der Waals surface area contributed by atoms with Gasteiger partial charge in [-0.15, -0.1) is 0 Å². The summed E-state index contributed by atoms with van der Waals surface area (Å²) in [5.74, 6) is -0.774. The first-order chi connectivity index (χ1) is 4.50. The second-order valence-electron chi connectivity index (χ2n) is 2.93. The van der Waals surface area contributed by atoms with Gasteiger partial charge in [0.2, 0.25) is 0 Å². The molecule has 4 N–H and O–H groups in total. The Balaban J connectivity index is 0. The zero-order chi connectivity index (χ0) is 8.20. The van der Waals surface area contributed by atoms with Crippen LogP contribution in [0.25, 0.3) is 0 Å². The Morgan fingerprint density at radius 2 is 2.00 bits per heavy atom. The highest BCUT2D eigenvalue weighted by molar-refractivity contribution is 5.73. The van der Waals surface area contributed by atoms with Gasteiger partial charge in [0.15, 0.2) is 0 Å². The number of carboxylic acids is 1. The summed E-state index contributed by atoms with van der Waals surface area (Å²) in [5.41, 5.74) is -0.657. The molecule has 0 spiro atoms. The third kappa shape index (κ3) is 4.75. The molecule has 0 aliphatic rings. The normalized spacial score (nSPS) is 10.5. The Morgan fingerprint density at radius 1 is 1.55 bits per heavy atom. The highest BCUT2D eigenvalue weighted by atomic mass is 16.5. The average molecular weight is 163 g/mol. The van der Waals surface area contributed by atoms with E-state index in [1.54, 1.807) is 21.0 Å². The molecule has 0 aromatic rings. The highest BCUT2D eigenvalue weighted by Gasteiger charge is 2.26. The molecule has 0 heterocycles. The van der Waals surface area contributed by atoms with Crippen molar-refractivity contribution in [2.45, 2.75) is 20.3 Å². The number of aliphatic carboxylic acids is 1. The number of methoxy groups -OCH3 is 1. The first-order valence-electron chi connectivity index (χ1n) is 3.23. The molecule has 0 amide bonds. The maximum absolute atomic E-state index is 10.5. The van der Waals surface area contributed by atoms with Crippen molar-refractivity contribution >= 4 is 5.97 Å². The van der Waals surface area contributed by atoms with Gasteiger partial charge in [-0.25, -0.2) is 0 Å². The predicted molar refractivity (Wildman–Crippen MR) is 42.9 cm³/mol. The topological polar surface area (TPSA) is 81.5 Å². The zero-order valence-corrected chi connectivity index (χ0v) is 7.39. The van der Waals surface area contributed by atoms with Gasteiger partial charge in [0.05, 0.1) is 5.41 Å². The van der Waals surface area contributed by atoms with Crippen LogP contribution in [0.2, 0.25) is 0 Å². The van der Waals surface area contributed by atoms with Crippen LogP contribution in [-0.2, 0) is 9.53 Å². The minimum absolute atomic E-state index is 0. The van der Waals surface area contributed by atoms with Crippen LogP contribution in [0, 0.1) is 5.41 Å². The van der Waals surface area contributed by atoms with Gasteiger partial charge in [-0.1, -0.05) is 0 Å². The minimum atomic E-state index is -0.774. The SMILES string of the molecule is COCCC(C)(C)C(=O)O.N. The van der Waals surface area contributed by atoms with Gasteiger partial charge in [0.1, 0.15) is 0 Å². The van der Waals surface area contributed by atoms with Crippen LogP contribution in [0.15, 0.2) is 0 Å². The van der Waals surface area contributed by atoms with Gasteiger partial charge in [0.25, 0.3) is 0 Å². The van der Waals surface area contributed by atoms with Crippen LogP contribution in [0.5, 0.6) is 0 Å². The summed E-state index contributed by atoms with van der Waals surface area (Å²) in [5, 5.41) is 8.61. The smallest absolute Gasteiger partial charge is 0.309 e. The van der Waals surface area contributed by atoms with E-state index in [1.807, 2.05) is 0 Å². The summed E-state index contributed by atoms with van der Waals surface area (Å²) < 4.78 is 4.76. The molecule has 0 rings (SSSR count). The first-order valence-corrected chi connectivity index (χ1v) is 3.23. The van der Waals surface area contributed by atoms with E-state index in [0.29, 0.717) is 13.0 Å². The Kier molecular flexibility index (Phi) is 6.03. The quantitative estimate of drug-likeness (QED) is 0.654. The summed E-state index contributed by atoms with van der Waals surface area (Å²) in [6.07, 6.45) is 0.554. The summed E-state index contributed by atoms with van der Waals surface area (Å²) in [6, 6.07) is 0. The number of rotatable bonds is 4. The van der Waals surface area contributed by atoms with Crippen molar-refractivity contribution < 1.29 is 14.6 Å². The van der Waals surface area contributed by atoms with Crippen molar-refractivity contribution in [1.82, 2.24) is 6.15 Å². The first kappa shape index (κ1) is 13.0. The van der Waals surface area contributed by atoms with Crippen LogP contribution in [0.3, 0.4) is 0 Å². The van der Waals surface area contributed by atoms with Crippen LogP contribution in [0.4, 0.5) is 0 Å². The number of carbonyl (C=O) groups is 1. The van der Waals surface area contributed by atoms with Gasteiger partial charge >= 0.3 is 5.97 Å². The fraction of sp³-hybridized carbons (Fsp3) is 0.857. The summed E-state index contributed by atoms with van der Waals surface area (Å²) in [6.45, 7) is 3.88. The lowest BCUT2D eigenvalue weighted by atomic mass is 9.90. The molecule has 0 aliphatic carbocycles. The second-order valence-corrected chi connectivity index (χ2v) is 2.93. The van der Waals surface area contributed by atoms with E-state index in [0.717, 1.165) is 0 Å². The molecule has 68 valence electrons. The molecule has 0 saturated carbocycles. The highest BCUT2D eigenvalue weighted by Crippen LogP contribution is 2.19. The van der Waals surface area contributed by atoms with E-state index in [9.17, 15) is 4.79 Å². The third-order valence-corrected chi connectivity index (χ3v) is 1.51. The molecule has 0 atom stereocenters. The van der Waals surface area contributed by atoms with Crippen molar-refractivity contribution in [1.29, 1.82) is 0 Å². The van der Waals surface area contributed by atoms with Crippen molar-refractivity contribution in [2.24, 2.45) is 5.41 Å². The lowest BCUT2D eigenvalue weighted by Crippen LogP contribution is -2.24. The molecule has 0 bridgehead atoms. The monoisotopic (exact) mass is 163 g/mol. The lowest BCUT2D eigenvalue weighted by Gasteiger charge is -2.17. The van der Waals surface area contributed by atoms with Crippen molar-refractivity contribution in [3.05, 3.63) is 0 Å². The molecule has 0 saturated heterocycles. The molecule has 0 radical (unpaired) electrons. The Bertz CT molecular complexity index is 123. The minimum Gasteiger partial charge on any atom is -0.481 e. The van der Waals surface area contributed by atoms with Gasteiger partial charge in [-0.3, -0.25) is 4.79 Å². The maximum Gasteiger partial charge on any atom is 0.309 e. The molecule has 0 unspecified atom stereocenters. The number of ether oxygens (including phenoxy) is 1. The maximum atomic E-state index is 10.5. The standard InChI is InChI=1S/C7H14O3.H3N/c1-7(2,6(8)9)4-5-10-3;/h4-5H2,1-3H3,(H,8,9);1H3. The van der Waals surface area contributed by atoms with Crippen molar-refractivity contribution in [2.75, 3.05) is 13.7 Å². The molecular weight excluding hydrogens is 146 g/mol. The Labute approximate surface area is 67.1 Å². The van der Waals surface area contributed by atoms with Crippen molar-refractivity contribution in [3.63, 3.8) is 0 Å². The van der Waals surface area contributed by atoms with E-state index in [4.69, 9.17) is 9.84 Å². The number of carboxylic acid groups (broad SMARTS) is 1. The van der Waals surface area contributed by atoms with Gasteiger partial charge in [-0.2, -0.15) is 0 Å². The Morgan fingerprint density at radius 3 is 2.27 bits per heavy atom. The fourth-order valence-electron chi connectivity index (χ4n) is 0.464. The van der Waals surface area contributed by atoms with Crippen LogP contribution >= 0.6 is 0 Å². The molecule has 4 nitrogen and oxygen atoms in total. The summed E-state index contributed by atoms with van der Waals surface area (Å²) in [7, 11) is 1.57. The molecular formula is C7H17NO3. The van der Waals surface area contributed by atoms with E-state index in [1.165, 1.54) is 0 Å². The second kappa shape index (κ2) is 5.09. The third-order valence-electron chi connectivity index (χ3n) is 1.51. The summed E-state index contributed by atoms with van der Waals surface area (Å²) >= 11 is 0. The fourth-order valence-corrected chi connectivity index (χ4v) is 0.464. The number of hydrogen-bond acceptors (Lipinski definition) is 3. The van der Waals surface area contributed by atoms with Crippen LogP contribution in [-0.4, -0.2) is 24.8 Å². The van der Waals surface area contributed by atoms with Crippen LogP contribution in [0.1, 0.15) is 20.3 Å². The lowest BCUT2D eigenvalue weighted by molar-refractivity contribution is -0.147. The molecule has 4 heteroatoms. The van der Waals surface area contributed by atoms with Gasteiger partial charge < -0.3 is 16.0 Å². The zero-order valence-electron chi connectivity index (χ0n) is 7.39. The molecule has 11 heavy (non-hydrogen) atoms. The van der Waals surface area contributed by atoms with E-state index < -0.39 is 11.4 Å². The van der Waals surface area contributed by atoms with Crippen LogP contribution < -0.4 is 6.15 Å². The van der Waals surface area contributed by atoms with E-state index in [2.05, 4.69) is 0 Å². The Hall–Kier alpha value is -0.610. The predicted octanol–water partition coefficient (Wildman–Crippen LogP) is 1.30. The largest absolute Gasteiger partial charge is 0.481 e. The van der Waals surface area contributed by atoms with E-state index >= 15 is 0 Å². The van der Waals surface area contributed by atoms with Gasteiger partial charge in [-0.05, 0) is 20.3 Å². The molecule has 0 fully saturated rings. The molecule has 0 aromatic carbocycles. The van der Waals surface area contributed by atoms with E-state index in [-0.39, 0.29) is 6.15 Å². The van der Waals surface area contributed by atoms with Gasteiger partial charge in [0, 0.05) is 13.7 Å². The summed E-state index contributed by atoms with van der Waals surface area (Å²) in [4.78, 5) is 10.5. The molecule has 0 aromatic heterocycles. The average Bonchev–Trinajstić information content (AvgIpc) is 1.84. The van der Waals surface area contributed by atoms with Crippen molar-refractivity contribution in [3.8, 4) is 0 Å². The number of hydrogen-bond donors (Lipinski definition) is 2.